The van der Waals surface area contributed by atoms with Gasteiger partial charge in [0.15, 0.2) is 0 Å². The van der Waals surface area contributed by atoms with Crippen molar-refractivity contribution in [3.63, 3.8) is 0 Å². The van der Waals surface area contributed by atoms with Crippen LogP contribution in [0.1, 0.15) is 20.3 Å². The van der Waals surface area contributed by atoms with E-state index in [4.69, 9.17) is 15.2 Å². The quantitative estimate of drug-likeness (QED) is 0.830. The van der Waals surface area contributed by atoms with Crippen molar-refractivity contribution in [1.29, 1.82) is 0 Å². The van der Waals surface area contributed by atoms with Gasteiger partial charge in [-0.2, -0.15) is 0 Å². The van der Waals surface area contributed by atoms with Crippen molar-refractivity contribution < 1.29 is 9.47 Å². The highest BCUT2D eigenvalue weighted by atomic mass is 16.5. The number of rotatable bonds is 5. The van der Waals surface area contributed by atoms with Crippen LogP contribution in [0.25, 0.3) is 0 Å². The summed E-state index contributed by atoms with van der Waals surface area (Å²) < 4.78 is 11.0. The zero-order valence-electron chi connectivity index (χ0n) is 12.1. The first-order chi connectivity index (χ1) is 9.10. The van der Waals surface area contributed by atoms with E-state index in [1.54, 1.807) is 7.11 Å². The van der Waals surface area contributed by atoms with Gasteiger partial charge in [0, 0.05) is 37.9 Å². The van der Waals surface area contributed by atoms with Crippen molar-refractivity contribution in [2.75, 3.05) is 37.4 Å². The predicted octanol–water partition coefficient (Wildman–Crippen LogP) is 2.53. The number of methoxy groups -OCH3 is 1. The highest BCUT2D eigenvalue weighted by molar-refractivity contribution is 5.62. The van der Waals surface area contributed by atoms with Crippen LogP contribution in [0.3, 0.4) is 0 Å². The van der Waals surface area contributed by atoms with Crippen molar-refractivity contribution in [1.82, 2.24) is 0 Å². The molecule has 2 N–H and O–H groups in total. The van der Waals surface area contributed by atoms with Gasteiger partial charge in [-0.25, -0.2) is 0 Å². The standard InChI is InChI=1S/C15H24N2O2/c1-11(2)19-15-8-13(4-5-14(15)16)17-7-6-12(9-17)10-18-3/h4-5,8,11-12H,6-7,9-10,16H2,1-3H3. The number of nitrogen functional groups attached to an aromatic ring is 1. The number of benzene rings is 1. The molecule has 0 bridgehead atoms. The maximum absolute atomic E-state index is 5.95. The van der Waals surface area contributed by atoms with E-state index in [1.807, 2.05) is 26.0 Å². The summed E-state index contributed by atoms with van der Waals surface area (Å²) in [4.78, 5) is 2.37. The Balaban J connectivity index is 2.08. The van der Waals surface area contributed by atoms with Gasteiger partial charge in [-0.15, -0.1) is 0 Å². The molecule has 1 aliphatic heterocycles. The molecule has 1 aromatic rings. The summed E-state index contributed by atoms with van der Waals surface area (Å²) in [5.74, 6) is 1.40. The van der Waals surface area contributed by atoms with Crippen molar-refractivity contribution in [3.8, 4) is 5.75 Å². The Hall–Kier alpha value is -1.42. The van der Waals surface area contributed by atoms with Crippen LogP contribution in [-0.4, -0.2) is 32.9 Å². The molecule has 0 aromatic heterocycles. The van der Waals surface area contributed by atoms with E-state index in [2.05, 4.69) is 11.0 Å². The second-order valence-electron chi connectivity index (χ2n) is 5.44. The third kappa shape index (κ3) is 3.53. The van der Waals surface area contributed by atoms with Crippen LogP contribution in [0.4, 0.5) is 11.4 Å². The zero-order valence-corrected chi connectivity index (χ0v) is 12.1. The van der Waals surface area contributed by atoms with Gasteiger partial charge in [0.25, 0.3) is 0 Å². The Kier molecular flexibility index (Phi) is 4.53. The summed E-state index contributed by atoms with van der Waals surface area (Å²) in [6.07, 6.45) is 1.32. The molecule has 1 unspecified atom stereocenters. The molecular weight excluding hydrogens is 240 g/mol. The summed E-state index contributed by atoms with van der Waals surface area (Å²) in [6, 6.07) is 6.04. The number of hydrogen-bond acceptors (Lipinski definition) is 4. The molecule has 2 rings (SSSR count). The van der Waals surface area contributed by atoms with E-state index in [9.17, 15) is 0 Å². The smallest absolute Gasteiger partial charge is 0.144 e. The lowest BCUT2D eigenvalue weighted by atomic mass is 10.1. The molecule has 1 fully saturated rings. The maximum Gasteiger partial charge on any atom is 0.144 e. The van der Waals surface area contributed by atoms with Gasteiger partial charge in [-0.05, 0) is 32.4 Å². The first-order valence-corrected chi connectivity index (χ1v) is 6.90. The Bertz CT molecular complexity index is 421. The van der Waals surface area contributed by atoms with E-state index in [0.717, 1.165) is 25.4 Å². The monoisotopic (exact) mass is 264 g/mol. The summed E-state index contributed by atoms with van der Waals surface area (Å²) in [5.41, 5.74) is 7.83. The number of nitrogens with zero attached hydrogens (tertiary/aromatic N) is 1. The third-order valence-electron chi connectivity index (χ3n) is 3.41. The Labute approximate surface area is 115 Å². The summed E-state index contributed by atoms with van der Waals surface area (Å²) in [6.45, 7) is 6.96. The van der Waals surface area contributed by atoms with Crippen LogP contribution in [0.5, 0.6) is 5.75 Å². The fraction of sp³-hybridized carbons (Fsp3) is 0.600. The van der Waals surface area contributed by atoms with Gasteiger partial charge in [0.1, 0.15) is 5.75 Å². The molecule has 1 aromatic carbocycles. The van der Waals surface area contributed by atoms with E-state index >= 15 is 0 Å². The molecule has 1 heterocycles. The van der Waals surface area contributed by atoms with Crippen LogP contribution in [0.2, 0.25) is 0 Å². The molecule has 1 aliphatic rings. The van der Waals surface area contributed by atoms with Gasteiger partial charge in [0.05, 0.1) is 18.4 Å². The molecule has 0 saturated carbocycles. The van der Waals surface area contributed by atoms with Crippen molar-refractivity contribution in [3.05, 3.63) is 18.2 Å². The molecule has 106 valence electrons. The largest absolute Gasteiger partial charge is 0.489 e. The summed E-state index contributed by atoms with van der Waals surface area (Å²) in [7, 11) is 1.76. The second kappa shape index (κ2) is 6.15. The lowest BCUT2D eigenvalue weighted by molar-refractivity contribution is 0.161. The maximum atomic E-state index is 5.95. The lowest BCUT2D eigenvalue weighted by Gasteiger charge is -2.21. The fourth-order valence-electron chi connectivity index (χ4n) is 2.51. The molecule has 1 atom stereocenters. The van der Waals surface area contributed by atoms with Gasteiger partial charge in [-0.3, -0.25) is 0 Å². The SMILES string of the molecule is COCC1CCN(c2ccc(N)c(OC(C)C)c2)C1. The Morgan fingerprint density at radius 1 is 1.42 bits per heavy atom. The van der Waals surface area contributed by atoms with Crippen LogP contribution >= 0.6 is 0 Å². The van der Waals surface area contributed by atoms with Gasteiger partial charge in [-0.1, -0.05) is 0 Å². The third-order valence-corrected chi connectivity index (χ3v) is 3.41. The molecule has 4 nitrogen and oxygen atoms in total. The first kappa shape index (κ1) is 14.0. The molecule has 0 spiro atoms. The average molecular weight is 264 g/mol. The lowest BCUT2D eigenvalue weighted by Crippen LogP contribution is -2.21. The number of nitrogens with two attached hydrogens (primary N) is 1. The number of ether oxygens (including phenoxy) is 2. The predicted molar refractivity (Wildman–Crippen MR) is 78.8 cm³/mol. The number of anilines is 2. The van der Waals surface area contributed by atoms with Gasteiger partial charge in [0.2, 0.25) is 0 Å². The minimum absolute atomic E-state index is 0.136. The van der Waals surface area contributed by atoms with E-state index in [1.165, 1.54) is 12.1 Å². The molecule has 1 saturated heterocycles. The van der Waals surface area contributed by atoms with Gasteiger partial charge >= 0.3 is 0 Å². The van der Waals surface area contributed by atoms with Crippen LogP contribution in [0, 0.1) is 5.92 Å². The summed E-state index contributed by atoms with van der Waals surface area (Å²) >= 11 is 0. The van der Waals surface area contributed by atoms with Crippen molar-refractivity contribution >= 4 is 11.4 Å². The van der Waals surface area contributed by atoms with E-state index in [-0.39, 0.29) is 6.10 Å². The molecule has 4 heteroatoms. The normalized spacial score (nSPS) is 19.2. The first-order valence-electron chi connectivity index (χ1n) is 6.90. The van der Waals surface area contributed by atoms with Crippen molar-refractivity contribution in [2.45, 2.75) is 26.4 Å². The number of hydrogen-bond donors (Lipinski definition) is 1. The molecule has 0 aliphatic carbocycles. The molecular formula is C15H24N2O2. The van der Waals surface area contributed by atoms with Crippen LogP contribution < -0.4 is 15.4 Å². The van der Waals surface area contributed by atoms with Crippen molar-refractivity contribution in [2.24, 2.45) is 5.92 Å². The van der Waals surface area contributed by atoms with E-state index < -0.39 is 0 Å². The average Bonchev–Trinajstić information content (AvgIpc) is 2.80. The fourth-order valence-corrected chi connectivity index (χ4v) is 2.51. The summed E-state index contributed by atoms with van der Waals surface area (Å²) in [5, 5.41) is 0. The minimum atomic E-state index is 0.136. The molecule has 0 amide bonds. The molecule has 0 radical (unpaired) electrons. The van der Waals surface area contributed by atoms with Crippen LogP contribution in [0.15, 0.2) is 18.2 Å². The van der Waals surface area contributed by atoms with Crippen LogP contribution in [-0.2, 0) is 4.74 Å². The second-order valence-corrected chi connectivity index (χ2v) is 5.44. The topological polar surface area (TPSA) is 47.7 Å². The van der Waals surface area contributed by atoms with E-state index in [0.29, 0.717) is 11.6 Å². The van der Waals surface area contributed by atoms with Gasteiger partial charge < -0.3 is 20.1 Å². The Morgan fingerprint density at radius 2 is 2.21 bits per heavy atom. The highest BCUT2D eigenvalue weighted by Crippen LogP contribution is 2.31. The minimum Gasteiger partial charge on any atom is -0.489 e. The Morgan fingerprint density at radius 3 is 2.89 bits per heavy atom. The zero-order chi connectivity index (χ0) is 13.8. The highest BCUT2D eigenvalue weighted by Gasteiger charge is 2.23. The molecule has 19 heavy (non-hydrogen) atoms.